The standard InChI is InChI=1S/C52H66ClF3N5O7PS3/c1-5-68-69(4,63)36-38-22-26-59(27-23-38)28-24-43(37-70-45-9-7-6-8-10-45)57-48-20-19-46(33-49(48)71(64,65)52(54,55)56)72(66,67)58-50(62)40-13-17-44(18-14-40)61-31-29-60(30-32-61)35-41-34-51(2,3)25-21-47(41)39-11-15-42(53)16-12-39/h6-20,33,38,43,57H,5,21-32,34-37H2,1-4H3,(H,58,62)/t43-,69?/m1/s1. The minimum atomic E-state index is -6.09. The number of rotatable bonds is 20. The molecular formula is C52H66ClF3N5O7PS3. The van der Waals surface area contributed by atoms with Gasteiger partial charge in [0.05, 0.1) is 17.2 Å². The van der Waals surface area contributed by atoms with E-state index >= 15 is 0 Å². The largest absolute Gasteiger partial charge is 0.501 e. The van der Waals surface area contributed by atoms with E-state index in [1.165, 1.54) is 40.6 Å². The summed E-state index contributed by atoms with van der Waals surface area (Å²) in [5.74, 6) is -0.457. The van der Waals surface area contributed by atoms with E-state index in [0.717, 1.165) is 87.5 Å². The van der Waals surface area contributed by atoms with Crippen LogP contribution in [0.5, 0.6) is 0 Å². The van der Waals surface area contributed by atoms with Gasteiger partial charge >= 0.3 is 5.51 Å². The molecule has 20 heteroatoms. The van der Waals surface area contributed by atoms with E-state index in [1.807, 2.05) is 54.1 Å². The number of piperazine rings is 1. The highest BCUT2D eigenvalue weighted by molar-refractivity contribution is 7.99. The summed E-state index contributed by atoms with van der Waals surface area (Å²) < 4.78 is 117. The molecule has 2 fully saturated rings. The minimum Gasteiger partial charge on any atom is -0.380 e. The Bertz CT molecular complexity index is 2810. The maximum atomic E-state index is 14.3. The SMILES string of the molecule is CCOP(C)(=O)CC1CCN(CC[C@H](CSc2ccccc2)Nc2ccc(S(=O)(=O)NC(=O)c3ccc(N4CCN(CC5=C(c6ccc(Cl)cc6)CCC(C)(C)C5)CC4)cc3)cc2S(=O)(=O)C(F)(F)F)CC1. The molecule has 7 rings (SSSR count). The molecular weight excluding hydrogens is 1030 g/mol. The highest BCUT2D eigenvalue weighted by Gasteiger charge is 2.48. The molecule has 4 aromatic rings. The summed E-state index contributed by atoms with van der Waals surface area (Å²) in [5, 5.41) is 3.74. The molecule has 0 bridgehead atoms. The van der Waals surface area contributed by atoms with E-state index in [9.17, 15) is 39.4 Å². The lowest BCUT2D eigenvalue weighted by molar-refractivity contribution is -0.0436. The van der Waals surface area contributed by atoms with Crippen molar-refractivity contribution in [3.05, 3.63) is 119 Å². The van der Waals surface area contributed by atoms with Gasteiger partial charge in [-0.1, -0.05) is 61.4 Å². The average Bonchev–Trinajstić information content (AvgIpc) is 3.33. The van der Waals surface area contributed by atoms with Crippen LogP contribution in [0.2, 0.25) is 5.02 Å². The van der Waals surface area contributed by atoms with Gasteiger partial charge in [0.15, 0.2) is 7.37 Å². The topological polar surface area (TPSA) is 145 Å². The quantitative estimate of drug-likeness (QED) is 0.0642. The number of likely N-dealkylation sites (tertiary alicyclic amines) is 1. The van der Waals surface area contributed by atoms with Gasteiger partial charge < -0.3 is 19.6 Å². The monoisotopic (exact) mass is 1090 g/mol. The van der Waals surface area contributed by atoms with Gasteiger partial charge in [0.2, 0.25) is 0 Å². The predicted molar refractivity (Wildman–Crippen MR) is 284 cm³/mol. The van der Waals surface area contributed by atoms with Crippen molar-refractivity contribution in [3.8, 4) is 0 Å². The van der Waals surface area contributed by atoms with Crippen molar-refractivity contribution in [2.75, 3.05) is 87.8 Å². The molecule has 2 saturated heterocycles. The molecule has 0 spiro atoms. The summed E-state index contributed by atoms with van der Waals surface area (Å²) >= 11 is 7.64. The lowest BCUT2D eigenvalue weighted by Gasteiger charge is -2.39. The lowest BCUT2D eigenvalue weighted by atomic mass is 9.73. The van der Waals surface area contributed by atoms with Gasteiger partial charge in [-0.05, 0) is 148 Å². The van der Waals surface area contributed by atoms with E-state index in [1.54, 1.807) is 18.8 Å². The van der Waals surface area contributed by atoms with Gasteiger partial charge in [0.1, 0.15) is 4.90 Å². The number of amides is 1. The first kappa shape index (κ1) is 55.9. The number of piperidine rings is 1. The second kappa shape index (κ2) is 23.8. The molecule has 392 valence electrons. The van der Waals surface area contributed by atoms with Crippen LogP contribution in [-0.2, 0) is 28.9 Å². The zero-order valence-corrected chi connectivity index (χ0v) is 45.4. The Morgan fingerprint density at radius 2 is 1.57 bits per heavy atom. The van der Waals surface area contributed by atoms with E-state index < -0.39 is 60.2 Å². The molecule has 2 heterocycles. The number of benzene rings is 4. The summed E-state index contributed by atoms with van der Waals surface area (Å²) in [7, 11) is -13.7. The fourth-order valence-electron chi connectivity index (χ4n) is 9.85. The first-order valence-electron chi connectivity index (χ1n) is 24.5. The Morgan fingerprint density at radius 3 is 2.21 bits per heavy atom. The van der Waals surface area contributed by atoms with Crippen LogP contribution in [0.4, 0.5) is 24.5 Å². The Labute approximate surface area is 432 Å². The smallest absolute Gasteiger partial charge is 0.380 e. The van der Waals surface area contributed by atoms with Crippen molar-refractivity contribution in [2.24, 2.45) is 11.3 Å². The molecule has 0 saturated carbocycles. The fraction of sp³-hybridized carbons (Fsp3) is 0.481. The van der Waals surface area contributed by atoms with Crippen LogP contribution in [-0.4, -0.2) is 122 Å². The van der Waals surface area contributed by atoms with E-state index in [2.05, 4.69) is 46.0 Å². The normalized spacial score (nSPS) is 18.9. The van der Waals surface area contributed by atoms with E-state index in [4.69, 9.17) is 16.1 Å². The molecule has 1 unspecified atom stereocenters. The molecule has 1 aliphatic carbocycles. The number of allylic oxidation sites excluding steroid dienone is 1. The number of sulfonamides is 1. The Hall–Kier alpha value is -3.87. The third-order valence-electron chi connectivity index (χ3n) is 13.8. The molecule has 2 aliphatic heterocycles. The molecule has 3 aliphatic rings. The van der Waals surface area contributed by atoms with Crippen molar-refractivity contribution in [3.63, 3.8) is 0 Å². The highest BCUT2D eigenvalue weighted by atomic mass is 35.5. The van der Waals surface area contributed by atoms with Crippen molar-refractivity contribution < 1.29 is 43.9 Å². The number of hydrogen-bond donors (Lipinski definition) is 2. The van der Waals surface area contributed by atoms with Gasteiger partial charge in [-0.15, -0.1) is 11.8 Å². The molecule has 0 aromatic heterocycles. The number of nitrogens with one attached hydrogen (secondary N) is 2. The first-order chi connectivity index (χ1) is 34.0. The fourth-order valence-corrected chi connectivity index (χ4v) is 15.0. The van der Waals surface area contributed by atoms with Crippen LogP contribution in [0.1, 0.15) is 75.2 Å². The first-order valence-corrected chi connectivity index (χ1v) is 31.0. The number of carbonyl (C=O) groups is 1. The van der Waals surface area contributed by atoms with Crippen molar-refractivity contribution >= 4 is 73.4 Å². The number of anilines is 2. The number of alkyl halides is 3. The van der Waals surface area contributed by atoms with Crippen molar-refractivity contribution in [1.82, 2.24) is 14.5 Å². The molecule has 0 radical (unpaired) electrons. The number of sulfone groups is 1. The summed E-state index contributed by atoms with van der Waals surface area (Å²) in [4.78, 5) is 19.1. The average molecular weight is 1090 g/mol. The maximum Gasteiger partial charge on any atom is 0.501 e. The second-order valence-electron chi connectivity index (χ2n) is 19.9. The summed E-state index contributed by atoms with van der Waals surface area (Å²) in [6, 6.07) is 25.7. The van der Waals surface area contributed by atoms with Gasteiger partial charge in [0, 0.05) is 85.1 Å². The van der Waals surface area contributed by atoms with E-state index in [-0.39, 0.29) is 16.9 Å². The van der Waals surface area contributed by atoms with Crippen LogP contribution in [0.15, 0.2) is 117 Å². The lowest BCUT2D eigenvalue weighted by Crippen LogP contribution is -2.47. The van der Waals surface area contributed by atoms with Crippen LogP contribution < -0.4 is 14.9 Å². The molecule has 72 heavy (non-hydrogen) atoms. The molecule has 2 N–H and O–H groups in total. The highest BCUT2D eigenvalue weighted by Crippen LogP contribution is 2.46. The number of carbonyl (C=O) groups excluding carboxylic acids is 1. The van der Waals surface area contributed by atoms with Crippen LogP contribution in [0.3, 0.4) is 0 Å². The molecule has 12 nitrogen and oxygen atoms in total. The van der Waals surface area contributed by atoms with E-state index in [0.29, 0.717) is 55.7 Å². The minimum absolute atomic E-state index is 0.0113. The van der Waals surface area contributed by atoms with Gasteiger partial charge in [-0.3, -0.25) is 14.3 Å². The third kappa shape index (κ3) is 14.9. The molecule has 1 amide bonds. The Kier molecular flexibility index (Phi) is 18.4. The zero-order chi connectivity index (χ0) is 51.9. The Balaban J connectivity index is 1.01. The number of thioether (sulfide) groups is 1. The molecule has 2 atom stereocenters. The van der Waals surface area contributed by atoms with Crippen molar-refractivity contribution in [2.45, 2.75) is 85.5 Å². The zero-order valence-electron chi connectivity index (χ0n) is 41.3. The van der Waals surface area contributed by atoms with Crippen LogP contribution in [0, 0.1) is 11.3 Å². The summed E-state index contributed by atoms with van der Waals surface area (Å²) in [5.41, 5.74) is -1.10. The number of hydrogen-bond acceptors (Lipinski definition) is 12. The van der Waals surface area contributed by atoms with Crippen LogP contribution in [0.25, 0.3) is 5.57 Å². The summed E-state index contributed by atoms with van der Waals surface area (Å²) in [6.07, 6.45) is 5.65. The number of nitrogens with zero attached hydrogens (tertiary/aromatic N) is 3. The Morgan fingerprint density at radius 1 is 0.903 bits per heavy atom. The third-order valence-corrected chi connectivity index (χ3v) is 20.0. The second-order valence-corrected chi connectivity index (χ2v) is 27.7. The van der Waals surface area contributed by atoms with Crippen LogP contribution >= 0.6 is 30.7 Å². The molecule has 4 aromatic carbocycles. The number of halogens is 4. The predicted octanol–water partition coefficient (Wildman–Crippen LogP) is 11.2. The van der Waals surface area contributed by atoms with Gasteiger partial charge in [-0.2, -0.15) is 13.2 Å². The van der Waals surface area contributed by atoms with Gasteiger partial charge in [0.25, 0.3) is 25.8 Å². The maximum absolute atomic E-state index is 14.3. The van der Waals surface area contributed by atoms with Crippen molar-refractivity contribution in [1.29, 1.82) is 0 Å². The van der Waals surface area contributed by atoms with Gasteiger partial charge in [-0.25, -0.2) is 21.6 Å². The summed E-state index contributed by atoms with van der Waals surface area (Å²) in [6.45, 7) is 14.4.